The predicted octanol–water partition coefficient (Wildman–Crippen LogP) is 3.98. The number of anilines is 2. The zero-order valence-electron chi connectivity index (χ0n) is 15.4. The second-order valence-corrected chi connectivity index (χ2v) is 6.49. The Balaban J connectivity index is 0.00000140. The number of ether oxygens (including phenoxy) is 1. The van der Waals surface area contributed by atoms with Gasteiger partial charge in [0.15, 0.2) is 5.65 Å². The fourth-order valence-corrected chi connectivity index (χ4v) is 3.21. The van der Waals surface area contributed by atoms with E-state index >= 15 is 0 Å². The summed E-state index contributed by atoms with van der Waals surface area (Å²) in [6.45, 7) is 1.66. The molecule has 0 radical (unpaired) electrons. The first-order chi connectivity index (χ1) is 12.7. The quantitative estimate of drug-likeness (QED) is 0.374. The standard InChI is InChI=1S/C17H20ClN7O.2ClH/c1-24(7-3-5-19-17-22-15-4-6-21-25(15)23-17)14-9-11(26-2)8-12-13(18)10-20-16(12)14;;/h4,6,8-10,20H,3,5,7H2,1-2H3,(H2,19,22,23);2*1H. The van der Waals surface area contributed by atoms with Crippen molar-refractivity contribution < 1.29 is 4.74 Å². The van der Waals surface area contributed by atoms with Gasteiger partial charge >= 0.3 is 0 Å². The number of fused-ring (bicyclic) bond motifs is 2. The van der Waals surface area contributed by atoms with Gasteiger partial charge in [-0.2, -0.15) is 14.7 Å². The topological polar surface area (TPSA) is 86.3 Å². The Hall–Kier alpha value is -2.29. The van der Waals surface area contributed by atoms with Crippen molar-refractivity contribution in [1.82, 2.24) is 24.8 Å². The number of aromatic nitrogens is 5. The van der Waals surface area contributed by atoms with Crippen LogP contribution in [0.4, 0.5) is 11.6 Å². The van der Waals surface area contributed by atoms with Gasteiger partial charge in [-0.3, -0.25) is 0 Å². The lowest BCUT2D eigenvalue weighted by Gasteiger charge is -2.21. The Morgan fingerprint density at radius 3 is 2.89 bits per heavy atom. The Morgan fingerprint density at radius 2 is 2.14 bits per heavy atom. The smallest absolute Gasteiger partial charge is 0.218 e. The summed E-state index contributed by atoms with van der Waals surface area (Å²) >= 11 is 6.26. The Morgan fingerprint density at radius 1 is 1.32 bits per heavy atom. The van der Waals surface area contributed by atoms with Gasteiger partial charge < -0.3 is 19.9 Å². The third-order valence-corrected chi connectivity index (χ3v) is 4.67. The molecule has 3 aromatic heterocycles. The van der Waals surface area contributed by atoms with Crippen molar-refractivity contribution in [1.29, 1.82) is 0 Å². The lowest BCUT2D eigenvalue weighted by molar-refractivity contribution is 0.415. The SMILES string of the molecule is COc1cc(N(C)CCCNc2nc3ccnn3[nH]2)c2[nH]cc(Cl)c2c1.Cl.Cl. The summed E-state index contributed by atoms with van der Waals surface area (Å²) in [5.41, 5.74) is 2.87. The number of aromatic amines is 2. The van der Waals surface area contributed by atoms with Crippen molar-refractivity contribution in [2.45, 2.75) is 6.42 Å². The second-order valence-electron chi connectivity index (χ2n) is 6.08. The van der Waals surface area contributed by atoms with Crippen LogP contribution in [-0.2, 0) is 0 Å². The minimum absolute atomic E-state index is 0. The maximum absolute atomic E-state index is 6.26. The molecule has 28 heavy (non-hydrogen) atoms. The van der Waals surface area contributed by atoms with Crippen molar-refractivity contribution in [3.05, 3.63) is 35.6 Å². The van der Waals surface area contributed by atoms with E-state index in [-0.39, 0.29) is 24.8 Å². The number of H-pyrrole nitrogens is 2. The molecule has 0 fully saturated rings. The lowest BCUT2D eigenvalue weighted by atomic mass is 10.2. The normalized spacial score (nSPS) is 10.5. The highest BCUT2D eigenvalue weighted by molar-refractivity contribution is 6.36. The van der Waals surface area contributed by atoms with Crippen LogP contribution in [0.15, 0.2) is 30.6 Å². The summed E-state index contributed by atoms with van der Waals surface area (Å²) in [5, 5.41) is 12.1. The minimum Gasteiger partial charge on any atom is -0.497 e. The van der Waals surface area contributed by atoms with Crippen molar-refractivity contribution in [2.24, 2.45) is 0 Å². The molecular weight excluding hydrogens is 425 g/mol. The molecule has 3 N–H and O–H groups in total. The van der Waals surface area contributed by atoms with Gasteiger partial charge in [0.05, 0.1) is 29.5 Å². The molecule has 0 bridgehead atoms. The molecule has 0 aliphatic heterocycles. The maximum atomic E-state index is 6.26. The fourth-order valence-electron chi connectivity index (χ4n) is 3.00. The van der Waals surface area contributed by atoms with Crippen LogP contribution in [0.3, 0.4) is 0 Å². The van der Waals surface area contributed by atoms with Gasteiger partial charge in [0, 0.05) is 43.9 Å². The lowest BCUT2D eigenvalue weighted by Crippen LogP contribution is -2.21. The molecule has 1 aromatic carbocycles. The molecule has 0 spiro atoms. The largest absolute Gasteiger partial charge is 0.497 e. The van der Waals surface area contributed by atoms with E-state index < -0.39 is 0 Å². The summed E-state index contributed by atoms with van der Waals surface area (Å²) < 4.78 is 7.05. The number of nitrogens with one attached hydrogen (secondary N) is 3. The van der Waals surface area contributed by atoms with Crippen LogP contribution < -0.4 is 15.0 Å². The number of nitrogens with zero attached hydrogens (tertiary/aromatic N) is 4. The molecule has 0 unspecified atom stereocenters. The molecule has 0 atom stereocenters. The number of hydrogen-bond acceptors (Lipinski definition) is 5. The van der Waals surface area contributed by atoms with E-state index in [1.54, 1.807) is 24.1 Å². The molecule has 4 rings (SSSR count). The number of methoxy groups -OCH3 is 1. The third-order valence-electron chi connectivity index (χ3n) is 4.36. The van der Waals surface area contributed by atoms with Gasteiger partial charge in [-0.05, 0) is 12.5 Å². The van der Waals surface area contributed by atoms with Crippen LogP contribution in [0.1, 0.15) is 6.42 Å². The van der Waals surface area contributed by atoms with Gasteiger partial charge in [-0.1, -0.05) is 11.6 Å². The minimum atomic E-state index is 0. The number of rotatable bonds is 7. The van der Waals surface area contributed by atoms with Crippen molar-refractivity contribution in [3.8, 4) is 5.75 Å². The molecule has 4 aromatic rings. The van der Waals surface area contributed by atoms with Crippen molar-refractivity contribution in [2.75, 3.05) is 37.5 Å². The predicted molar refractivity (Wildman–Crippen MR) is 118 cm³/mol. The van der Waals surface area contributed by atoms with Crippen molar-refractivity contribution in [3.63, 3.8) is 0 Å². The molecule has 0 saturated heterocycles. The van der Waals surface area contributed by atoms with Crippen LogP contribution >= 0.6 is 36.4 Å². The van der Waals surface area contributed by atoms with E-state index in [1.165, 1.54) is 0 Å². The molecular formula is C17H22Cl3N7O. The van der Waals surface area contributed by atoms with Gasteiger partial charge in [0.25, 0.3) is 0 Å². The van der Waals surface area contributed by atoms with Crippen LogP contribution in [-0.4, -0.2) is 52.0 Å². The summed E-state index contributed by atoms with van der Waals surface area (Å²) in [7, 11) is 3.72. The second kappa shape index (κ2) is 9.27. The summed E-state index contributed by atoms with van der Waals surface area (Å²) in [6, 6.07) is 5.81. The summed E-state index contributed by atoms with van der Waals surface area (Å²) in [6.07, 6.45) is 4.45. The first-order valence-corrected chi connectivity index (χ1v) is 8.73. The average Bonchev–Trinajstić information content (AvgIpc) is 3.33. The van der Waals surface area contributed by atoms with Gasteiger partial charge in [-0.15, -0.1) is 24.8 Å². The van der Waals surface area contributed by atoms with E-state index in [1.807, 2.05) is 18.2 Å². The summed E-state index contributed by atoms with van der Waals surface area (Å²) in [4.78, 5) is 9.83. The van der Waals surface area contributed by atoms with E-state index in [9.17, 15) is 0 Å². The molecule has 152 valence electrons. The molecule has 0 aliphatic carbocycles. The number of halogens is 3. The average molecular weight is 447 g/mol. The highest BCUT2D eigenvalue weighted by atomic mass is 35.5. The van der Waals surface area contributed by atoms with Crippen molar-refractivity contribution >= 4 is 64.6 Å². The van der Waals surface area contributed by atoms with Crippen LogP contribution in [0.2, 0.25) is 5.02 Å². The summed E-state index contributed by atoms with van der Waals surface area (Å²) in [5.74, 6) is 1.51. The first kappa shape index (κ1) is 22.0. The Labute approximate surface area is 179 Å². The monoisotopic (exact) mass is 445 g/mol. The zero-order valence-corrected chi connectivity index (χ0v) is 17.8. The van der Waals surface area contributed by atoms with Gasteiger partial charge in [-0.25, -0.2) is 5.10 Å². The third kappa shape index (κ3) is 4.24. The first-order valence-electron chi connectivity index (χ1n) is 8.35. The molecule has 3 heterocycles. The molecule has 0 aliphatic rings. The highest BCUT2D eigenvalue weighted by Crippen LogP contribution is 2.34. The van der Waals surface area contributed by atoms with Crippen LogP contribution in [0.25, 0.3) is 16.6 Å². The molecule has 0 amide bonds. The zero-order chi connectivity index (χ0) is 18.1. The van der Waals surface area contributed by atoms with Gasteiger partial charge in [0.1, 0.15) is 5.75 Å². The van der Waals surface area contributed by atoms with E-state index in [4.69, 9.17) is 16.3 Å². The van der Waals surface area contributed by atoms with Gasteiger partial charge in [0.2, 0.25) is 5.95 Å². The Bertz CT molecular complexity index is 1010. The fraction of sp³-hybridized carbons (Fsp3) is 0.294. The van der Waals surface area contributed by atoms with Crippen LogP contribution in [0, 0.1) is 0 Å². The molecule has 11 heteroatoms. The van der Waals surface area contributed by atoms with E-state index in [2.05, 4.69) is 37.4 Å². The number of benzene rings is 1. The Kier molecular flexibility index (Phi) is 7.29. The molecule has 8 nitrogen and oxygen atoms in total. The highest BCUT2D eigenvalue weighted by Gasteiger charge is 2.12. The van der Waals surface area contributed by atoms with E-state index in [0.29, 0.717) is 5.02 Å². The molecule has 0 saturated carbocycles. The van der Waals surface area contributed by atoms with Crippen LogP contribution in [0.5, 0.6) is 5.75 Å². The number of hydrogen-bond donors (Lipinski definition) is 3. The maximum Gasteiger partial charge on any atom is 0.218 e. The van der Waals surface area contributed by atoms with E-state index in [0.717, 1.165) is 53.4 Å².